The third-order valence-electron chi connectivity index (χ3n) is 4.03. The number of nitrogens with zero attached hydrogens (tertiary/aromatic N) is 2. The van der Waals surface area contributed by atoms with E-state index >= 15 is 0 Å². The van der Waals surface area contributed by atoms with Gasteiger partial charge in [-0.3, -0.25) is 9.59 Å². The van der Waals surface area contributed by atoms with Crippen molar-refractivity contribution < 1.29 is 9.59 Å². The molecule has 2 aromatic rings. The Morgan fingerprint density at radius 2 is 2.24 bits per heavy atom. The first-order valence-corrected chi connectivity index (χ1v) is 7.88. The summed E-state index contributed by atoms with van der Waals surface area (Å²) in [5.41, 5.74) is 2.71. The lowest BCUT2D eigenvalue weighted by molar-refractivity contribution is -0.129. The summed E-state index contributed by atoms with van der Waals surface area (Å²) in [5.74, 6) is -0.131. The van der Waals surface area contributed by atoms with Crippen LogP contribution in [0.25, 0.3) is 10.2 Å². The number of aromatic nitrogens is 1. The first kappa shape index (κ1) is 14.0. The molecule has 1 fully saturated rings. The van der Waals surface area contributed by atoms with Gasteiger partial charge in [0.05, 0.1) is 15.7 Å². The molecule has 2 amide bonds. The quantitative estimate of drug-likeness (QED) is 0.926. The Hall–Kier alpha value is -1.95. The van der Waals surface area contributed by atoms with Crippen molar-refractivity contribution in [1.82, 2.24) is 10.3 Å². The number of fused-ring (bicyclic) bond motifs is 1. The van der Waals surface area contributed by atoms with E-state index in [0.717, 1.165) is 15.9 Å². The molecule has 21 heavy (non-hydrogen) atoms. The molecule has 6 heteroatoms. The minimum atomic E-state index is -0.837. The Balaban J connectivity index is 2.02. The van der Waals surface area contributed by atoms with Gasteiger partial charge >= 0.3 is 0 Å². The second kappa shape index (κ2) is 5.11. The van der Waals surface area contributed by atoms with Crippen LogP contribution >= 0.6 is 11.3 Å². The lowest BCUT2D eigenvalue weighted by atomic mass is 9.97. The molecule has 1 N–H and O–H groups in total. The van der Waals surface area contributed by atoms with Gasteiger partial charge in [-0.1, -0.05) is 6.92 Å². The highest BCUT2D eigenvalue weighted by atomic mass is 32.1. The molecule has 1 aliphatic rings. The van der Waals surface area contributed by atoms with Crippen molar-refractivity contribution in [1.29, 1.82) is 0 Å². The Labute approximate surface area is 127 Å². The fourth-order valence-electron chi connectivity index (χ4n) is 2.53. The van der Waals surface area contributed by atoms with Crippen LogP contribution in [-0.4, -0.2) is 28.9 Å². The smallest absolute Gasteiger partial charge is 0.252 e. The summed E-state index contributed by atoms with van der Waals surface area (Å²) in [6.07, 6.45) is 0.888. The predicted octanol–water partition coefficient (Wildman–Crippen LogP) is 2.32. The van der Waals surface area contributed by atoms with Crippen molar-refractivity contribution in [2.45, 2.75) is 32.2 Å². The van der Waals surface area contributed by atoms with Gasteiger partial charge in [0.2, 0.25) is 5.91 Å². The average molecular weight is 303 g/mol. The number of nitrogens with one attached hydrogen (secondary N) is 1. The van der Waals surface area contributed by atoms with E-state index in [9.17, 15) is 9.59 Å². The number of amides is 2. The summed E-state index contributed by atoms with van der Waals surface area (Å²) in [5, 5.41) is 2.85. The van der Waals surface area contributed by atoms with Gasteiger partial charge in [0.1, 0.15) is 5.54 Å². The zero-order valence-electron chi connectivity index (χ0n) is 12.0. The number of thiazole rings is 1. The van der Waals surface area contributed by atoms with E-state index in [-0.39, 0.29) is 11.8 Å². The van der Waals surface area contributed by atoms with Gasteiger partial charge in [0.25, 0.3) is 5.91 Å². The molecule has 5 nitrogen and oxygen atoms in total. The number of benzene rings is 1. The summed E-state index contributed by atoms with van der Waals surface area (Å²) < 4.78 is 1.04. The highest BCUT2D eigenvalue weighted by Crippen LogP contribution is 2.28. The van der Waals surface area contributed by atoms with Gasteiger partial charge in [0.15, 0.2) is 0 Å². The van der Waals surface area contributed by atoms with Crippen LogP contribution in [0.5, 0.6) is 0 Å². The van der Waals surface area contributed by atoms with Crippen molar-refractivity contribution in [3.8, 4) is 0 Å². The first-order valence-electron chi connectivity index (χ1n) is 7.00. The number of hydrogen-bond acceptors (Lipinski definition) is 4. The second-order valence-corrected chi connectivity index (χ2v) is 6.33. The fourth-order valence-corrected chi connectivity index (χ4v) is 3.24. The van der Waals surface area contributed by atoms with Crippen LogP contribution in [0.3, 0.4) is 0 Å². The molecule has 3 rings (SSSR count). The molecule has 1 saturated heterocycles. The molecule has 0 aliphatic carbocycles. The molecule has 0 spiro atoms. The van der Waals surface area contributed by atoms with Gasteiger partial charge < -0.3 is 10.2 Å². The summed E-state index contributed by atoms with van der Waals surface area (Å²) >= 11 is 1.55. The third kappa shape index (κ3) is 2.40. The van der Waals surface area contributed by atoms with Crippen molar-refractivity contribution in [3.05, 3.63) is 23.7 Å². The molecule has 1 unspecified atom stereocenters. The summed E-state index contributed by atoms with van der Waals surface area (Å²) in [4.78, 5) is 30.6. The zero-order valence-corrected chi connectivity index (χ0v) is 12.9. The molecule has 2 heterocycles. The maximum Gasteiger partial charge on any atom is 0.252 e. The lowest BCUT2D eigenvalue weighted by Gasteiger charge is -2.31. The molecule has 1 aliphatic heterocycles. The Morgan fingerprint density at radius 3 is 3.00 bits per heavy atom. The molecule has 1 aromatic heterocycles. The summed E-state index contributed by atoms with van der Waals surface area (Å²) in [7, 11) is 0. The van der Waals surface area contributed by atoms with E-state index < -0.39 is 5.54 Å². The van der Waals surface area contributed by atoms with Crippen LogP contribution in [0.15, 0.2) is 23.7 Å². The molecule has 1 aromatic carbocycles. The number of hydrogen-bond donors (Lipinski definition) is 1. The van der Waals surface area contributed by atoms with E-state index in [4.69, 9.17) is 0 Å². The van der Waals surface area contributed by atoms with Gasteiger partial charge in [-0.05, 0) is 31.5 Å². The van der Waals surface area contributed by atoms with Crippen LogP contribution in [0.2, 0.25) is 0 Å². The van der Waals surface area contributed by atoms with Crippen LogP contribution < -0.4 is 10.2 Å². The normalized spacial score (nSPS) is 23.2. The standard InChI is InChI=1S/C15H17N3O2S/c1-3-15(2)14(20)18(7-6-13(19)17-15)10-4-5-11-12(8-10)21-9-16-11/h4-5,8-9H,3,6-7H2,1-2H3,(H,17,19). The molecule has 110 valence electrons. The Bertz CT molecular complexity index is 712. The Kier molecular flexibility index (Phi) is 3.41. The van der Waals surface area contributed by atoms with Gasteiger partial charge in [-0.15, -0.1) is 11.3 Å². The maximum absolute atomic E-state index is 12.8. The van der Waals surface area contributed by atoms with Crippen molar-refractivity contribution in [3.63, 3.8) is 0 Å². The minimum absolute atomic E-state index is 0.0558. The first-order chi connectivity index (χ1) is 10.0. The number of rotatable bonds is 2. The monoisotopic (exact) mass is 303 g/mol. The SMILES string of the molecule is CCC1(C)NC(=O)CCN(c2ccc3ncsc3c2)C1=O. The topological polar surface area (TPSA) is 62.3 Å². The van der Waals surface area contributed by atoms with E-state index in [0.29, 0.717) is 19.4 Å². The fraction of sp³-hybridized carbons (Fsp3) is 0.400. The molecular formula is C15H17N3O2S. The summed E-state index contributed by atoms with van der Waals surface area (Å²) in [6.45, 7) is 4.11. The largest absolute Gasteiger partial charge is 0.342 e. The maximum atomic E-state index is 12.8. The van der Waals surface area contributed by atoms with Gasteiger partial charge in [0, 0.05) is 18.7 Å². The van der Waals surface area contributed by atoms with Crippen molar-refractivity contribution >= 4 is 39.1 Å². The number of carbonyl (C=O) groups is 2. The van der Waals surface area contributed by atoms with E-state index in [1.54, 1.807) is 28.7 Å². The lowest BCUT2D eigenvalue weighted by Crippen LogP contribution is -2.54. The number of carbonyl (C=O) groups excluding carboxylic acids is 2. The molecule has 0 saturated carbocycles. The highest BCUT2D eigenvalue weighted by Gasteiger charge is 2.39. The molecule has 0 bridgehead atoms. The minimum Gasteiger partial charge on any atom is -0.342 e. The molecule has 0 radical (unpaired) electrons. The van der Waals surface area contributed by atoms with E-state index in [2.05, 4.69) is 10.3 Å². The van der Waals surface area contributed by atoms with Crippen LogP contribution in [0.4, 0.5) is 5.69 Å². The van der Waals surface area contributed by atoms with Gasteiger partial charge in [-0.25, -0.2) is 4.98 Å². The van der Waals surface area contributed by atoms with Crippen molar-refractivity contribution in [2.75, 3.05) is 11.4 Å². The molecule has 1 atom stereocenters. The zero-order chi connectivity index (χ0) is 15.0. The number of anilines is 1. The molecular weight excluding hydrogens is 286 g/mol. The highest BCUT2D eigenvalue weighted by molar-refractivity contribution is 7.16. The third-order valence-corrected chi connectivity index (χ3v) is 4.82. The second-order valence-electron chi connectivity index (χ2n) is 5.45. The van der Waals surface area contributed by atoms with Crippen molar-refractivity contribution in [2.24, 2.45) is 0 Å². The van der Waals surface area contributed by atoms with E-state index in [1.807, 2.05) is 25.1 Å². The summed E-state index contributed by atoms with van der Waals surface area (Å²) in [6, 6.07) is 5.78. The predicted molar refractivity (Wildman–Crippen MR) is 83.4 cm³/mol. The van der Waals surface area contributed by atoms with Crippen LogP contribution in [0, 0.1) is 0 Å². The van der Waals surface area contributed by atoms with E-state index in [1.165, 1.54) is 0 Å². The van der Waals surface area contributed by atoms with Crippen LogP contribution in [0.1, 0.15) is 26.7 Å². The van der Waals surface area contributed by atoms with Crippen LogP contribution in [-0.2, 0) is 9.59 Å². The van der Waals surface area contributed by atoms with Gasteiger partial charge in [-0.2, -0.15) is 0 Å². The average Bonchev–Trinajstić information content (AvgIpc) is 2.90. The Morgan fingerprint density at radius 1 is 1.43 bits per heavy atom.